The molecule has 25 heavy (non-hydrogen) atoms. The van der Waals surface area contributed by atoms with Crippen molar-refractivity contribution in [3.8, 4) is 5.88 Å². The van der Waals surface area contributed by atoms with Crippen LogP contribution < -0.4 is 15.4 Å². The standard InChI is InChI=1S/C19H27ClN4O/c1-13-8-14(10-24-18(13)25-12-19(2,3)4)9-22-11-15-16(21-5)6-7-23-17(15)20/h6-8,10-11,16,21-22H,9,12H2,1-5H3/b15-11+. The van der Waals surface area contributed by atoms with E-state index in [1.54, 1.807) is 6.20 Å². The van der Waals surface area contributed by atoms with Crippen molar-refractivity contribution in [3.05, 3.63) is 47.4 Å². The first-order chi connectivity index (χ1) is 11.8. The van der Waals surface area contributed by atoms with Gasteiger partial charge in [0.05, 0.1) is 12.6 Å². The van der Waals surface area contributed by atoms with Gasteiger partial charge in [0.25, 0.3) is 0 Å². The topological polar surface area (TPSA) is 58.5 Å². The number of rotatable bonds is 6. The highest BCUT2D eigenvalue weighted by Gasteiger charge is 2.16. The SMILES string of the molecule is CNC1C=CN=C(Cl)/C1=C/NCc1cnc(OCC(C)(C)C)c(C)c1. The van der Waals surface area contributed by atoms with E-state index in [4.69, 9.17) is 16.3 Å². The molecule has 0 fully saturated rings. The van der Waals surface area contributed by atoms with Gasteiger partial charge in [0.1, 0.15) is 5.17 Å². The fraction of sp³-hybridized carbons (Fsp3) is 0.474. The average Bonchev–Trinajstić information content (AvgIpc) is 2.54. The smallest absolute Gasteiger partial charge is 0.216 e. The largest absolute Gasteiger partial charge is 0.477 e. The Hall–Kier alpha value is -1.85. The van der Waals surface area contributed by atoms with E-state index in [1.807, 2.05) is 32.4 Å². The lowest BCUT2D eigenvalue weighted by molar-refractivity contribution is 0.190. The van der Waals surface area contributed by atoms with Gasteiger partial charge < -0.3 is 15.4 Å². The zero-order valence-corrected chi connectivity index (χ0v) is 16.3. The second-order valence-electron chi connectivity index (χ2n) is 7.32. The quantitative estimate of drug-likeness (QED) is 0.812. The van der Waals surface area contributed by atoms with Gasteiger partial charge in [-0.05, 0) is 37.1 Å². The molecular formula is C19H27ClN4O. The number of nitrogens with zero attached hydrogens (tertiary/aromatic N) is 2. The molecule has 5 nitrogen and oxygen atoms in total. The summed E-state index contributed by atoms with van der Waals surface area (Å²) in [6.45, 7) is 9.73. The Balaban J connectivity index is 1.97. The predicted octanol–water partition coefficient (Wildman–Crippen LogP) is 3.54. The molecule has 0 aliphatic carbocycles. The van der Waals surface area contributed by atoms with Crippen LogP contribution in [0.15, 0.2) is 41.3 Å². The third kappa shape index (κ3) is 5.87. The molecular weight excluding hydrogens is 336 g/mol. The first kappa shape index (κ1) is 19.5. The molecule has 1 atom stereocenters. The monoisotopic (exact) mass is 362 g/mol. The lowest BCUT2D eigenvalue weighted by atomic mass is 9.99. The molecule has 136 valence electrons. The van der Waals surface area contributed by atoms with E-state index in [9.17, 15) is 0 Å². The Labute approximate surface area is 155 Å². The number of aryl methyl sites for hydroxylation is 1. The van der Waals surface area contributed by atoms with Crippen molar-refractivity contribution in [1.29, 1.82) is 0 Å². The minimum atomic E-state index is 0.0607. The Morgan fingerprint density at radius 2 is 2.12 bits per heavy atom. The number of aliphatic imine (C=N–C) groups is 1. The van der Waals surface area contributed by atoms with Gasteiger partial charge >= 0.3 is 0 Å². The number of ether oxygens (including phenoxy) is 1. The molecule has 0 amide bonds. The van der Waals surface area contributed by atoms with E-state index < -0.39 is 0 Å². The highest BCUT2D eigenvalue weighted by molar-refractivity contribution is 6.70. The van der Waals surface area contributed by atoms with Crippen molar-refractivity contribution in [2.45, 2.75) is 40.3 Å². The van der Waals surface area contributed by atoms with Crippen LogP contribution in [-0.2, 0) is 6.54 Å². The van der Waals surface area contributed by atoms with E-state index in [1.165, 1.54) is 0 Å². The van der Waals surface area contributed by atoms with Gasteiger partial charge in [0, 0.05) is 36.3 Å². The van der Waals surface area contributed by atoms with E-state index in [-0.39, 0.29) is 11.5 Å². The summed E-state index contributed by atoms with van der Waals surface area (Å²) in [5.41, 5.74) is 3.14. The second kappa shape index (κ2) is 8.50. The molecule has 1 aromatic heterocycles. The Bertz CT molecular complexity index is 689. The number of hydrogen-bond acceptors (Lipinski definition) is 5. The summed E-state index contributed by atoms with van der Waals surface area (Å²) in [4.78, 5) is 8.56. The molecule has 0 saturated heterocycles. The van der Waals surface area contributed by atoms with E-state index >= 15 is 0 Å². The highest BCUT2D eigenvalue weighted by Crippen LogP contribution is 2.20. The highest BCUT2D eigenvalue weighted by atomic mass is 35.5. The summed E-state index contributed by atoms with van der Waals surface area (Å²) in [6, 6.07) is 2.15. The molecule has 0 aromatic carbocycles. The van der Waals surface area contributed by atoms with Crippen LogP contribution in [0, 0.1) is 12.3 Å². The van der Waals surface area contributed by atoms with Crippen LogP contribution in [0.1, 0.15) is 31.9 Å². The van der Waals surface area contributed by atoms with Crippen LogP contribution in [0.25, 0.3) is 0 Å². The van der Waals surface area contributed by atoms with Gasteiger partial charge in [-0.2, -0.15) is 0 Å². The van der Waals surface area contributed by atoms with E-state index in [0.717, 1.165) is 16.7 Å². The van der Waals surface area contributed by atoms with E-state index in [0.29, 0.717) is 24.2 Å². The first-order valence-electron chi connectivity index (χ1n) is 8.39. The average molecular weight is 363 g/mol. The van der Waals surface area contributed by atoms with Crippen molar-refractivity contribution in [1.82, 2.24) is 15.6 Å². The molecule has 6 heteroatoms. The number of aromatic nitrogens is 1. The normalized spacial score (nSPS) is 19.0. The lowest BCUT2D eigenvalue weighted by Crippen LogP contribution is -2.30. The first-order valence-corrected chi connectivity index (χ1v) is 8.77. The number of hydrogen-bond donors (Lipinski definition) is 2. The minimum Gasteiger partial charge on any atom is -0.477 e. The van der Waals surface area contributed by atoms with Gasteiger partial charge in [-0.15, -0.1) is 0 Å². The van der Waals surface area contributed by atoms with Gasteiger partial charge in [0.2, 0.25) is 5.88 Å². The van der Waals surface area contributed by atoms with Crippen LogP contribution >= 0.6 is 11.6 Å². The van der Waals surface area contributed by atoms with Gasteiger partial charge in [-0.3, -0.25) is 0 Å². The molecule has 1 unspecified atom stereocenters. The maximum absolute atomic E-state index is 6.18. The minimum absolute atomic E-state index is 0.0607. The Kier molecular flexibility index (Phi) is 6.62. The molecule has 2 heterocycles. The van der Waals surface area contributed by atoms with Gasteiger partial charge in [0.15, 0.2) is 0 Å². The zero-order valence-electron chi connectivity index (χ0n) is 15.6. The number of nitrogens with one attached hydrogen (secondary N) is 2. The maximum Gasteiger partial charge on any atom is 0.216 e. The number of likely N-dealkylation sites (N-methyl/N-ethyl adjacent to an activating group) is 1. The molecule has 1 aliphatic heterocycles. The molecule has 0 saturated carbocycles. The van der Waals surface area contributed by atoms with Gasteiger partial charge in [-0.25, -0.2) is 9.98 Å². The summed E-state index contributed by atoms with van der Waals surface area (Å²) < 4.78 is 5.81. The second-order valence-corrected chi connectivity index (χ2v) is 7.68. The molecule has 0 radical (unpaired) electrons. The maximum atomic E-state index is 6.18. The van der Waals surface area contributed by atoms with Crippen LogP contribution in [0.5, 0.6) is 5.88 Å². The third-order valence-corrected chi connectivity index (χ3v) is 3.96. The number of pyridine rings is 1. The summed E-state index contributed by atoms with van der Waals surface area (Å²) in [5, 5.41) is 6.97. The van der Waals surface area contributed by atoms with Crippen LogP contribution in [0.4, 0.5) is 0 Å². The van der Waals surface area contributed by atoms with Crippen molar-refractivity contribution >= 4 is 16.8 Å². The van der Waals surface area contributed by atoms with Crippen LogP contribution in [-0.4, -0.2) is 29.9 Å². The number of halogens is 1. The van der Waals surface area contributed by atoms with Crippen molar-refractivity contribution in [2.24, 2.45) is 10.4 Å². The van der Waals surface area contributed by atoms with Crippen LogP contribution in [0.3, 0.4) is 0 Å². The molecule has 2 rings (SSSR count). The molecule has 2 N–H and O–H groups in total. The van der Waals surface area contributed by atoms with E-state index in [2.05, 4.69) is 47.4 Å². The molecule has 1 aliphatic rings. The molecule has 0 bridgehead atoms. The molecule has 1 aromatic rings. The summed E-state index contributed by atoms with van der Waals surface area (Å²) >= 11 is 6.18. The summed E-state index contributed by atoms with van der Waals surface area (Å²) in [5.74, 6) is 0.694. The summed E-state index contributed by atoms with van der Waals surface area (Å²) in [7, 11) is 1.89. The van der Waals surface area contributed by atoms with Crippen molar-refractivity contribution in [2.75, 3.05) is 13.7 Å². The molecule has 0 spiro atoms. The fourth-order valence-electron chi connectivity index (χ4n) is 2.33. The predicted molar refractivity (Wildman–Crippen MR) is 104 cm³/mol. The third-order valence-electron chi connectivity index (χ3n) is 3.64. The Morgan fingerprint density at radius 1 is 1.36 bits per heavy atom. The van der Waals surface area contributed by atoms with Crippen molar-refractivity contribution in [3.63, 3.8) is 0 Å². The zero-order chi connectivity index (χ0) is 18.4. The lowest BCUT2D eigenvalue weighted by Gasteiger charge is -2.19. The fourth-order valence-corrected chi connectivity index (χ4v) is 2.56. The summed E-state index contributed by atoms with van der Waals surface area (Å²) in [6.07, 6.45) is 7.41. The van der Waals surface area contributed by atoms with Crippen LogP contribution in [0.2, 0.25) is 0 Å². The Morgan fingerprint density at radius 3 is 2.76 bits per heavy atom. The van der Waals surface area contributed by atoms with Crippen molar-refractivity contribution < 1.29 is 4.74 Å². The van der Waals surface area contributed by atoms with Gasteiger partial charge in [-0.1, -0.05) is 32.4 Å².